The van der Waals surface area contributed by atoms with Gasteiger partial charge in [0, 0.05) is 24.9 Å². The highest BCUT2D eigenvalue weighted by atomic mass is 16.5. The Kier molecular flexibility index (Phi) is 4.71. The largest absolute Gasteiger partial charge is 0.382 e. The van der Waals surface area contributed by atoms with Gasteiger partial charge < -0.3 is 14.6 Å². The molecule has 1 atom stereocenters. The SMILES string of the molecule is COCC(CNC(C)(C)C)n1cnc(C)c1C. The number of ether oxygens (including phenoxy) is 1. The number of aromatic nitrogens is 2. The summed E-state index contributed by atoms with van der Waals surface area (Å²) in [5, 5.41) is 3.51. The highest BCUT2D eigenvalue weighted by Gasteiger charge is 2.17. The summed E-state index contributed by atoms with van der Waals surface area (Å²) in [5.74, 6) is 0. The molecular formula is C13H25N3O. The summed E-state index contributed by atoms with van der Waals surface area (Å²) in [4.78, 5) is 4.34. The van der Waals surface area contributed by atoms with E-state index in [1.807, 2.05) is 13.3 Å². The zero-order valence-corrected chi connectivity index (χ0v) is 11.9. The molecule has 0 spiro atoms. The number of hydrogen-bond acceptors (Lipinski definition) is 3. The van der Waals surface area contributed by atoms with E-state index in [0.29, 0.717) is 12.6 Å². The first-order chi connectivity index (χ1) is 7.85. The summed E-state index contributed by atoms with van der Waals surface area (Å²) in [7, 11) is 1.74. The van der Waals surface area contributed by atoms with E-state index in [2.05, 4.69) is 42.6 Å². The molecule has 0 radical (unpaired) electrons. The molecule has 0 aromatic carbocycles. The highest BCUT2D eigenvalue weighted by molar-refractivity contribution is 5.10. The molecule has 0 saturated heterocycles. The van der Waals surface area contributed by atoms with E-state index in [0.717, 1.165) is 12.2 Å². The van der Waals surface area contributed by atoms with Gasteiger partial charge in [0.2, 0.25) is 0 Å². The molecule has 1 heterocycles. The van der Waals surface area contributed by atoms with E-state index in [-0.39, 0.29) is 5.54 Å². The minimum atomic E-state index is 0.121. The van der Waals surface area contributed by atoms with Gasteiger partial charge in [-0.15, -0.1) is 0 Å². The lowest BCUT2D eigenvalue weighted by molar-refractivity contribution is 0.148. The van der Waals surface area contributed by atoms with Crippen LogP contribution in [0.3, 0.4) is 0 Å². The van der Waals surface area contributed by atoms with E-state index in [4.69, 9.17) is 4.74 Å². The van der Waals surface area contributed by atoms with Gasteiger partial charge in [-0.2, -0.15) is 0 Å². The van der Waals surface area contributed by atoms with Crippen molar-refractivity contribution in [1.82, 2.24) is 14.9 Å². The Morgan fingerprint density at radius 3 is 2.47 bits per heavy atom. The third-order valence-corrected chi connectivity index (χ3v) is 2.91. The number of nitrogens with one attached hydrogen (secondary N) is 1. The number of aryl methyl sites for hydroxylation is 1. The molecule has 0 aliphatic heterocycles. The predicted octanol–water partition coefficient (Wildman–Crippen LogP) is 2.08. The Hall–Kier alpha value is -0.870. The number of nitrogens with zero attached hydrogens (tertiary/aromatic N) is 2. The second-order valence-electron chi connectivity index (χ2n) is 5.56. The lowest BCUT2D eigenvalue weighted by atomic mass is 10.1. The lowest BCUT2D eigenvalue weighted by Crippen LogP contribution is -2.40. The van der Waals surface area contributed by atoms with Crippen LogP contribution in [0.1, 0.15) is 38.2 Å². The fraction of sp³-hybridized carbons (Fsp3) is 0.769. The van der Waals surface area contributed by atoms with Crippen molar-refractivity contribution in [2.24, 2.45) is 0 Å². The van der Waals surface area contributed by atoms with E-state index in [1.165, 1.54) is 5.69 Å². The minimum Gasteiger partial charge on any atom is -0.382 e. The van der Waals surface area contributed by atoms with Gasteiger partial charge in [-0.25, -0.2) is 4.98 Å². The van der Waals surface area contributed by atoms with Crippen LogP contribution in [0.5, 0.6) is 0 Å². The standard InChI is InChI=1S/C13H25N3O/c1-10-11(2)16(9-14-10)12(8-17-6)7-15-13(3,4)5/h9,12,15H,7-8H2,1-6H3. The molecule has 0 amide bonds. The summed E-state index contributed by atoms with van der Waals surface area (Å²) in [5.41, 5.74) is 2.42. The molecule has 0 aliphatic rings. The Morgan fingerprint density at radius 1 is 1.41 bits per heavy atom. The molecule has 17 heavy (non-hydrogen) atoms. The maximum Gasteiger partial charge on any atom is 0.0955 e. The lowest BCUT2D eigenvalue weighted by Gasteiger charge is -2.26. The van der Waals surface area contributed by atoms with Crippen molar-refractivity contribution in [1.29, 1.82) is 0 Å². The minimum absolute atomic E-state index is 0.121. The molecule has 1 aromatic heterocycles. The number of hydrogen-bond donors (Lipinski definition) is 1. The zero-order valence-electron chi connectivity index (χ0n) is 11.9. The molecule has 1 aromatic rings. The fourth-order valence-corrected chi connectivity index (χ4v) is 1.74. The highest BCUT2D eigenvalue weighted by Crippen LogP contribution is 2.14. The van der Waals surface area contributed by atoms with Crippen molar-refractivity contribution in [3.05, 3.63) is 17.7 Å². The number of imidazole rings is 1. The Labute approximate surface area is 104 Å². The van der Waals surface area contributed by atoms with Crippen LogP contribution < -0.4 is 5.32 Å². The zero-order chi connectivity index (χ0) is 13.1. The molecule has 4 heteroatoms. The third-order valence-electron chi connectivity index (χ3n) is 2.91. The number of rotatable bonds is 5. The third kappa shape index (κ3) is 4.13. The molecule has 0 saturated carbocycles. The fourth-order valence-electron chi connectivity index (χ4n) is 1.74. The van der Waals surface area contributed by atoms with E-state index in [1.54, 1.807) is 7.11 Å². The first-order valence-corrected chi connectivity index (χ1v) is 6.09. The molecule has 98 valence electrons. The summed E-state index contributed by atoms with van der Waals surface area (Å²) in [6.07, 6.45) is 1.90. The smallest absolute Gasteiger partial charge is 0.0955 e. The molecule has 0 aliphatic carbocycles. The molecule has 0 fully saturated rings. The van der Waals surface area contributed by atoms with Gasteiger partial charge in [-0.1, -0.05) is 0 Å². The molecule has 0 bridgehead atoms. The molecule has 1 rings (SSSR count). The average molecular weight is 239 g/mol. The maximum atomic E-state index is 5.30. The summed E-state index contributed by atoms with van der Waals surface area (Å²) in [6, 6.07) is 0.292. The summed E-state index contributed by atoms with van der Waals surface area (Å²) >= 11 is 0. The monoisotopic (exact) mass is 239 g/mol. The Balaban J connectivity index is 2.75. The van der Waals surface area contributed by atoms with Crippen LogP contribution in [-0.2, 0) is 4.74 Å². The van der Waals surface area contributed by atoms with Crippen LogP contribution in [0.25, 0.3) is 0 Å². The van der Waals surface area contributed by atoms with Gasteiger partial charge in [0.1, 0.15) is 0 Å². The van der Waals surface area contributed by atoms with Crippen molar-refractivity contribution < 1.29 is 4.74 Å². The second-order valence-corrected chi connectivity index (χ2v) is 5.56. The van der Waals surface area contributed by atoms with Crippen LogP contribution in [0.2, 0.25) is 0 Å². The van der Waals surface area contributed by atoms with E-state index < -0.39 is 0 Å². The first kappa shape index (κ1) is 14.2. The van der Waals surface area contributed by atoms with Crippen molar-refractivity contribution in [2.75, 3.05) is 20.3 Å². The topological polar surface area (TPSA) is 39.1 Å². The Morgan fingerprint density at radius 2 is 2.06 bits per heavy atom. The van der Waals surface area contributed by atoms with Crippen molar-refractivity contribution in [3.63, 3.8) is 0 Å². The van der Waals surface area contributed by atoms with Crippen molar-refractivity contribution >= 4 is 0 Å². The molecule has 1 N–H and O–H groups in total. The average Bonchev–Trinajstić information content (AvgIpc) is 2.54. The normalized spacial score (nSPS) is 14.0. The van der Waals surface area contributed by atoms with E-state index in [9.17, 15) is 0 Å². The summed E-state index contributed by atoms with van der Waals surface area (Å²) in [6.45, 7) is 12.2. The second kappa shape index (κ2) is 5.65. The molecular weight excluding hydrogens is 214 g/mol. The van der Waals surface area contributed by atoms with E-state index >= 15 is 0 Å². The number of methoxy groups -OCH3 is 1. The van der Waals surface area contributed by atoms with Gasteiger partial charge >= 0.3 is 0 Å². The van der Waals surface area contributed by atoms with Crippen LogP contribution >= 0.6 is 0 Å². The van der Waals surface area contributed by atoms with Crippen molar-refractivity contribution in [3.8, 4) is 0 Å². The van der Waals surface area contributed by atoms with Gasteiger partial charge in [-0.05, 0) is 34.6 Å². The van der Waals surface area contributed by atoms with Crippen molar-refractivity contribution in [2.45, 2.75) is 46.2 Å². The van der Waals surface area contributed by atoms with Crippen LogP contribution in [0.15, 0.2) is 6.33 Å². The molecule has 4 nitrogen and oxygen atoms in total. The Bertz CT molecular complexity index is 352. The van der Waals surface area contributed by atoms with Gasteiger partial charge in [-0.3, -0.25) is 0 Å². The van der Waals surface area contributed by atoms with Gasteiger partial charge in [0.25, 0.3) is 0 Å². The van der Waals surface area contributed by atoms with Crippen LogP contribution in [0, 0.1) is 13.8 Å². The van der Waals surface area contributed by atoms with Gasteiger partial charge in [0.05, 0.1) is 24.7 Å². The maximum absolute atomic E-state index is 5.30. The first-order valence-electron chi connectivity index (χ1n) is 6.09. The summed E-state index contributed by atoms with van der Waals surface area (Å²) < 4.78 is 7.49. The van der Waals surface area contributed by atoms with Crippen LogP contribution in [0.4, 0.5) is 0 Å². The quantitative estimate of drug-likeness (QED) is 0.855. The van der Waals surface area contributed by atoms with Gasteiger partial charge in [0.15, 0.2) is 0 Å². The van der Waals surface area contributed by atoms with Crippen LogP contribution in [-0.4, -0.2) is 35.4 Å². The predicted molar refractivity (Wildman–Crippen MR) is 70.4 cm³/mol. The molecule has 1 unspecified atom stereocenters.